The van der Waals surface area contributed by atoms with Gasteiger partial charge in [0.25, 0.3) is 5.91 Å². The van der Waals surface area contributed by atoms with Crippen LogP contribution in [-0.2, 0) is 11.3 Å². The fourth-order valence-corrected chi connectivity index (χ4v) is 3.48. The van der Waals surface area contributed by atoms with Gasteiger partial charge in [-0.05, 0) is 73.8 Å². The quantitative estimate of drug-likeness (QED) is 0.670. The molecule has 1 aliphatic carbocycles. The number of anilines is 1. The highest BCUT2D eigenvalue weighted by atomic mass is 35.5. The molecule has 0 unspecified atom stereocenters. The molecule has 7 heteroatoms. The number of halogens is 1. The van der Waals surface area contributed by atoms with Crippen LogP contribution in [0.25, 0.3) is 0 Å². The third-order valence-corrected chi connectivity index (χ3v) is 5.70. The number of amides is 2. The number of nitriles is 1. The number of hydrogen-bond acceptors (Lipinski definition) is 4. The summed E-state index contributed by atoms with van der Waals surface area (Å²) in [6.07, 6.45) is 3.60. The second-order valence-electron chi connectivity index (χ2n) is 7.48. The van der Waals surface area contributed by atoms with Crippen molar-refractivity contribution in [3.63, 3.8) is 0 Å². The summed E-state index contributed by atoms with van der Waals surface area (Å²) in [4.78, 5) is 27.0. The van der Waals surface area contributed by atoms with Crippen molar-refractivity contribution in [2.45, 2.75) is 32.2 Å². The lowest BCUT2D eigenvalue weighted by atomic mass is 9.85. The van der Waals surface area contributed by atoms with E-state index in [0.29, 0.717) is 47.9 Å². The number of hydrogen-bond donors (Lipinski definition) is 2. The van der Waals surface area contributed by atoms with Crippen LogP contribution in [0.3, 0.4) is 0 Å². The first-order valence-corrected chi connectivity index (χ1v) is 10.5. The summed E-state index contributed by atoms with van der Waals surface area (Å²) >= 11 is 6.39. The summed E-state index contributed by atoms with van der Waals surface area (Å²) in [6, 6.07) is 13.9. The summed E-state index contributed by atoms with van der Waals surface area (Å²) in [6.45, 7) is 1.23. The molecule has 0 aliphatic heterocycles. The van der Waals surface area contributed by atoms with Gasteiger partial charge in [0.05, 0.1) is 11.6 Å². The lowest BCUT2D eigenvalue weighted by molar-refractivity contribution is -0.122. The SMILES string of the molecule is N#Cc1ccc(C(=O)N(CCCN)Cc2cc(NC(=O)C3CCC3)ccc2Cl)cc1. The fraction of sp³-hybridized carbons (Fsp3) is 0.348. The Kier molecular flexibility index (Phi) is 7.45. The molecule has 1 aliphatic rings. The van der Waals surface area contributed by atoms with Crippen LogP contribution >= 0.6 is 11.6 Å². The zero-order chi connectivity index (χ0) is 21.5. The number of carbonyl (C=O) groups is 2. The third-order valence-electron chi connectivity index (χ3n) is 5.33. The van der Waals surface area contributed by atoms with Gasteiger partial charge in [0.1, 0.15) is 0 Å². The van der Waals surface area contributed by atoms with Crippen molar-refractivity contribution in [2.24, 2.45) is 11.7 Å². The Morgan fingerprint density at radius 2 is 1.93 bits per heavy atom. The monoisotopic (exact) mass is 424 g/mol. The molecule has 2 aromatic carbocycles. The normalized spacial score (nSPS) is 13.2. The van der Waals surface area contributed by atoms with Crippen molar-refractivity contribution < 1.29 is 9.59 Å². The Morgan fingerprint density at radius 3 is 2.53 bits per heavy atom. The molecule has 0 radical (unpaired) electrons. The molecule has 1 fully saturated rings. The maximum atomic E-state index is 13.1. The number of nitrogens with one attached hydrogen (secondary N) is 1. The van der Waals surface area contributed by atoms with Gasteiger partial charge in [-0.25, -0.2) is 0 Å². The molecule has 0 aromatic heterocycles. The van der Waals surface area contributed by atoms with Gasteiger partial charge in [0.2, 0.25) is 5.91 Å². The van der Waals surface area contributed by atoms with Crippen LogP contribution in [-0.4, -0.2) is 29.8 Å². The van der Waals surface area contributed by atoms with E-state index in [4.69, 9.17) is 22.6 Å². The van der Waals surface area contributed by atoms with Crippen LogP contribution in [0.2, 0.25) is 5.02 Å². The largest absolute Gasteiger partial charge is 0.334 e. The van der Waals surface area contributed by atoms with Crippen LogP contribution in [0.1, 0.15) is 47.2 Å². The van der Waals surface area contributed by atoms with E-state index < -0.39 is 0 Å². The van der Waals surface area contributed by atoms with Crippen LogP contribution in [0, 0.1) is 17.2 Å². The number of nitrogens with two attached hydrogens (primary N) is 1. The Morgan fingerprint density at radius 1 is 1.20 bits per heavy atom. The average molecular weight is 425 g/mol. The highest BCUT2D eigenvalue weighted by Gasteiger charge is 2.25. The van der Waals surface area contributed by atoms with Gasteiger partial charge in [-0.3, -0.25) is 9.59 Å². The van der Waals surface area contributed by atoms with Crippen molar-refractivity contribution in [1.29, 1.82) is 5.26 Å². The second kappa shape index (κ2) is 10.2. The minimum atomic E-state index is -0.159. The molecule has 0 saturated heterocycles. The first-order valence-electron chi connectivity index (χ1n) is 10.1. The molecule has 30 heavy (non-hydrogen) atoms. The maximum Gasteiger partial charge on any atom is 0.254 e. The van der Waals surface area contributed by atoms with Crippen LogP contribution in [0.4, 0.5) is 5.69 Å². The van der Waals surface area contributed by atoms with E-state index in [1.54, 1.807) is 41.3 Å². The number of rotatable bonds is 8. The lowest BCUT2D eigenvalue weighted by Gasteiger charge is -2.25. The molecule has 2 amide bonds. The number of nitrogens with zero attached hydrogens (tertiary/aromatic N) is 2. The summed E-state index contributed by atoms with van der Waals surface area (Å²) < 4.78 is 0. The average Bonchev–Trinajstić information content (AvgIpc) is 2.71. The van der Waals surface area contributed by atoms with Crippen LogP contribution < -0.4 is 11.1 Å². The Balaban J connectivity index is 1.77. The topological polar surface area (TPSA) is 99.2 Å². The first-order chi connectivity index (χ1) is 14.5. The van der Waals surface area contributed by atoms with Crippen molar-refractivity contribution >= 4 is 29.1 Å². The molecular formula is C23H25ClN4O2. The maximum absolute atomic E-state index is 13.1. The molecule has 3 N–H and O–H groups in total. The van der Waals surface area contributed by atoms with Crippen LogP contribution in [0.5, 0.6) is 0 Å². The summed E-state index contributed by atoms with van der Waals surface area (Å²) in [7, 11) is 0. The van der Waals surface area contributed by atoms with Gasteiger partial charge in [0.15, 0.2) is 0 Å². The van der Waals surface area contributed by atoms with Gasteiger partial charge < -0.3 is 16.0 Å². The highest BCUT2D eigenvalue weighted by molar-refractivity contribution is 6.31. The Labute approximate surface area is 181 Å². The summed E-state index contributed by atoms with van der Waals surface area (Å²) in [5, 5.41) is 12.4. The van der Waals surface area contributed by atoms with E-state index in [0.717, 1.165) is 24.8 Å². The molecule has 0 bridgehead atoms. The van der Waals surface area contributed by atoms with E-state index in [2.05, 4.69) is 5.32 Å². The molecule has 0 atom stereocenters. The van der Waals surface area contributed by atoms with Crippen molar-refractivity contribution in [1.82, 2.24) is 4.90 Å². The molecular weight excluding hydrogens is 400 g/mol. The van der Waals surface area contributed by atoms with Gasteiger partial charge in [-0.1, -0.05) is 18.0 Å². The summed E-state index contributed by atoms with van der Waals surface area (Å²) in [5.41, 5.74) is 8.08. The minimum Gasteiger partial charge on any atom is -0.334 e. The first kappa shape index (κ1) is 21.8. The van der Waals surface area contributed by atoms with Gasteiger partial charge in [-0.2, -0.15) is 5.26 Å². The molecule has 1 saturated carbocycles. The third kappa shape index (κ3) is 5.38. The zero-order valence-corrected chi connectivity index (χ0v) is 17.5. The molecule has 0 spiro atoms. The number of carbonyl (C=O) groups excluding carboxylic acids is 2. The summed E-state index contributed by atoms with van der Waals surface area (Å²) in [5.74, 6) is -0.0424. The second-order valence-corrected chi connectivity index (χ2v) is 7.89. The van der Waals surface area contributed by atoms with E-state index in [-0.39, 0.29) is 17.7 Å². The standard InChI is InChI=1S/C23H25ClN4O2/c24-21-10-9-20(27-22(29)17-3-1-4-17)13-19(21)15-28(12-2-11-25)23(30)18-7-5-16(14-26)6-8-18/h5-10,13,17H,1-4,11-12,15,25H2,(H,27,29). The van der Waals surface area contributed by atoms with E-state index in [1.165, 1.54) is 0 Å². The molecule has 6 nitrogen and oxygen atoms in total. The molecule has 3 rings (SSSR count). The van der Waals surface area contributed by atoms with E-state index >= 15 is 0 Å². The van der Waals surface area contributed by atoms with Gasteiger partial charge >= 0.3 is 0 Å². The molecule has 156 valence electrons. The van der Waals surface area contributed by atoms with Crippen molar-refractivity contribution in [2.75, 3.05) is 18.4 Å². The van der Waals surface area contributed by atoms with Gasteiger partial charge in [-0.15, -0.1) is 0 Å². The predicted octanol–water partition coefficient (Wildman–Crippen LogP) is 3.94. The van der Waals surface area contributed by atoms with Crippen molar-refractivity contribution in [3.8, 4) is 6.07 Å². The van der Waals surface area contributed by atoms with Gasteiger partial charge in [0, 0.05) is 35.3 Å². The fourth-order valence-electron chi connectivity index (χ4n) is 3.30. The minimum absolute atomic E-state index is 0.0307. The molecule has 2 aromatic rings. The van der Waals surface area contributed by atoms with E-state index in [9.17, 15) is 9.59 Å². The smallest absolute Gasteiger partial charge is 0.254 e. The Hall–Kier alpha value is -2.88. The van der Waals surface area contributed by atoms with Crippen LogP contribution in [0.15, 0.2) is 42.5 Å². The lowest BCUT2D eigenvalue weighted by Crippen LogP contribution is -2.32. The highest BCUT2D eigenvalue weighted by Crippen LogP contribution is 2.29. The predicted molar refractivity (Wildman–Crippen MR) is 117 cm³/mol. The zero-order valence-electron chi connectivity index (χ0n) is 16.7. The van der Waals surface area contributed by atoms with E-state index in [1.807, 2.05) is 12.1 Å². The molecule has 0 heterocycles. The number of benzene rings is 2. The van der Waals surface area contributed by atoms with Crippen molar-refractivity contribution in [3.05, 3.63) is 64.2 Å². The Bertz CT molecular complexity index is 949.